The lowest BCUT2D eigenvalue weighted by molar-refractivity contribution is 1.41. The molecule has 1 aromatic carbocycles. The highest BCUT2D eigenvalue weighted by molar-refractivity contribution is 7.19. The number of anilines is 1. The Labute approximate surface area is 108 Å². The van der Waals surface area contributed by atoms with E-state index in [4.69, 9.17) is 17.3 Å². The van der Waals surface area contributed by atoms with Gasteiger partial charge in [-0.15, -0.1) is 11.3 Å². The summed E-state index contributed by atoms with van der Waals surface area (Å²) < 4.78 is 0.786. The summed E-state index contributed by atoms with van der Waals surface area (Å²) in [5.74, 6) is 0. The summed E-state index contributed by atoms with van der Waals surface area (Å²) in [4.78, 5) is 5.45. The summed E-state index contributed by atoms with van der Waals surface area (Å²) >= 11 is 7.53. The summed E-state index contributed by atoms with van der Waals surface area (Å²) in [5.41, 5.74) is 8.59. The highest BCUT2D eigenvalue weighted by Gasteiger charge is 2.08. The molecule has 3 rings (SSSR count). The van der Waals surface area contributed by atoms with Crippen LogP contribution in [-0.2, 0) is 0 Å². The summed E-state index contributed by atoms with van der Waals surface area (Å²) in [6.45, 7) is 0. The quantitative estimate of drug-likeness (QED) is 0.666. The number of nitrogen functional groups attached to an aromatic ring is 1. The SMILES string of the molecule is Nc1ccc(-c2ccc(Cl)s2)c2cccnc12. The van der Waals surface area contributed by atoms with Gasteiger partial charge < -0.3 is 5.73 Å². The van der Waals surface area contributed by atoms with Gasteiger partial charge in [-0.25, -0.2) is 0 Å². The van der Waals surface area contributed by atoms with E-state index in [1.54, 1.807) is 17.5 Å². The minimum Gasteiger partial charge on any atom is -0.397 e. The highest BCUT2D eigenvalue weighted by Crippen LogP contribution is 2.36. The first-order chi connectivity index (χ1) is 8.25. The fourth-order valence-electron chi connectivity index (χ4n) is 1.87. The molecule has 0 radical (unpaired) electrons. The molecular formula is C13H9ClN2S. The van der Waals surface area contributed by atoms with Crippen LogP contribution in [0.4, 0.5) is 5.69 Å². The normalized spacial score (nSPS) is 10.9. The van der Waals surface area contributed by atoms with Gasteiger partial charge >= 0.3 is 0 Å². The van der Waals surface area contributed by atoms with Crippen LogP contribution in [0.1, 0.15) is 0 Å². The molecule has 2 N–H and O–H groups in total. The van der Waals surface area contributed by atoms with Gasteiger partial charge in [0.1, 0.15) is 0 Å². The molecule has 3 aromatic rings. The van der Waals surface area contributed by atoms with Gasteiger partial charge in [-0.05, 0) is 24.3 Å². The number of aromatic nitrogens is 1. The summed E-state index contributed by atoms with van der Waals surface area (Å²) in [7, 11) is 0. The molecule has 0 aliphatic rings. The average Bonchev–Trinajstić information content (AvgIpc) is 2.77. The van der Waals surface area contributed by atoms with Crippen molar-refractivity contribution in [2.45, 2.75) is 0 Å². The molecule has 4 heteroatoms. The second kappa shape index (κ2) is 4.02. The number of nitrogens with zero attached hydrogens (tertiary/aromatic N) is 1. The van der Waals surface area contributed by atoms with Gasteiger partial charge in [-0.1, -0.05) is 23.7 Å². The zero-order chi connectivity index (χ0) is 11.8. The molecule has 0 atom stereocenters. The Bertz CT molecular complexity index is 691. The monoisotopic (exact) mass is 260 g/mol. The number of fused-ring (bicyclic) bond motifs is 1. The molecule has 2 nitrogen and oxygen atoms in total. The van der Waals surface area contributed by atoms with E-state index in [-0.39, 0.29) is 0 Å². The second-order valence-corrected chi connectivity index (χ2v) is 5.42. The Balaban J connectivity index is 2.34. The van der Waals surface area contributed by atoms with Gasteiger partial charge in [0, 0.05) is 22.0 Å². The Morgan fingerprint density at radius 3 is 2.76 bits per heavy atom. The zero-order valence-corrected chi connectivity index (χ0v) is 10.4. The number of pyridine rings is 1. The van der Waals surface area contributed by atoms with Crippen LogP contribution in [-0.4, -0.2) is 4.98 Å². The molecule has 0 bridgehead atoms. The van der Waals surface area contributed by atoms with E-state index >= 15 is 0 Å². The molecule has 0 spiro atoms. The Kier molecular flexibility index (Phi) is 2.50. The van der Waals surface area contributed by atoms with Crippen LogP contribution in [0.2, 0.25) is 4.34 Å². The summed E-state index contributed by atoms with van der Waals surface area (Å²) in [6.07, 6.45) is 1.75. The minimum absolute atomic E-state index is 0.701. The highest BCUT2D eigenvalue weighted by atomic mass is 35.5. The first kappa shape index (κ1) is 10.6. The van der Waals surface area contributed by atoms with Gasteiger partial charge in [0.25, 0.3) is 0 Å². The standard InChI is InChI=1S/C13H9ClN2S/c14-12-6-5-11(17-12)8-3-4-10(15)13-9(8)2-1-7-16-13/h1-7H,15H2. The third kappa shape index (κ3) is 1.77. The van der Waals surface area contributed by atoms with Crippen molar-refractivity contribution in [1.82, 2.24) is 4.98 Å². The average molecular weight is 261 g/mol. The lowest BCUT2D eigenvalue weighted by Gasteiger charge is -2.05. The van der Waals surface area contributed by atoms with E-state index in [1.165, 1.54) is 0 Å². The van der Waals surface area contributed by atoms with Gasteiger partial charge in [0.15, 0.2) is 0 Å². The smallest absolute Gasteiger partial charge is 0.0937 e. The number of benzene rings is 1. The first-order valence-electron chi connectivity index (χ1n) is 5.14. The molecule has 0 aliphatic carbocycles. The van der Waals surface area contributed by atoms with Crippen LogP contribution < -0.4 is 5.73 Å². The van der Waals surface area contributed by atoms with Crippen LogP contribution in [0, 0.1) is 0 Å². The van der Waals surface area contributed by atoms with E-state index in [9.17, 15) is 0 Å². The molecule has 17 heavy (non-hydrogen) atoms. The fourth-order valence-corrected chi connectivity index (χ4v) is 2.95. The van der Waals surface area contributed by atoms with Crippen molar-refractivity contribution in [2.75, 3.05) is 5.73 Å². The molecule has 0 unspecified atom stereocenters. The lowest BCUT2D eigenvalue weighted by Crippen LogP contribution is -1.90. The van der Waals surface area contributed by atoms with E-state index < -0.39 is 0 Å². The van der Waals surface area contributed by atoms with E-state index in [0.29, 0.717) is 5.69 Å². The predicted molar refractivity (Wildman–Crippen MR) is 74.5 cm³/mol. The van der Waals surface area contributed by atoms with E-state index in [2.05, 4.69) is 4.98 Å². The van der Waals surface area contributed by atoms with Crippen LogP contribution in [0.25, 0.3) is 21.3 Å². The van der Waals surface area contributed by atoms with Gasteiger partial charge in [-0.3, -0.25) is 4.98 Å². The molecule has 0 aliphatic heterocycles. The van der Waals surface area contributed by atoms with Crippen LogP contribution in [0.3, 0.4) is 0 Å². The van der Waals surface area contributed by atoms with Crippen molar-refractivity contribution in [3.8, 4) is 10.4 Å². The number of hydrogen-bond donors (Lipinski definition) is 1. The lowest BCUT2D eigenvalue weighted by atomic mass is 10.1. The number of nitrogens with two attached hydrogens (primary N) is 1. The fraction of sp³-hybridized carbons (Fsp3) is 0. The number of halogens is 1. The molecule has 84 valence electrons. The van der Waals surface area contributed by atoms with Crippen molar-refractivity contribution in [1.29, 1.82) is 0 Å². The van der Waals surface area contributed by atoms with Crippen molar-refractivity contribution < 1.29 is 0 Å². The van der Waals surface area contributed by atoms with Crippen molar-refractivity contribution in [2.24, 2.45) is 0 Å². The second-order valence-electron chi connectivity index (χ2n) is 3.71. The largest absolute Gasteiger partial charge is 0.397 e. The van der Waals surface area contributed by atoms with E-state index in [1.807, 2.05) is 36.4 Å². The third-order valence-electron chi connectivity index (χ3n) is 2.64. The van der Waals surface area contributed by atoms with Crippen LogP contribution in [0.15, 0.2) is 42.6 Å². The molecular weight excluding hydrogens is 252 g/mol. The van der Waals surface area contributed by atoms with Gasteiger partial charge in [-0.2, -0.15) is 0 Å². The maximum absolute atomic E-state index is 5.97. The summed E-state index contributed by atoms with van der Waals surface area (Å²) in [5, 5.41) is 1.06. The molecule has 2 aromatic heterocycles. The minimum atomic E-state index is 0.701. The zero-order valence-electron chi connectivity index (χ0n) is 8.85. The van der Waals surface area contributed by atoms with E-state index in [0.717, 1.165) is 25.7 Å². The third-order valence-corrected chi connectivity index (χ3v) is 3.90. The molecule has 0 amide bonds. The molecule has 0 fully saturated rings. The Morgan fingerprint density at radius 1 is 1.12 bits per heavy atom. The molecule has 0 saturated heterocycles. The molecule has 0 saturated carbocycles. The van der Waals surface area contributed by atoms with Crippen molar-refractivity contribution in [3.63, 3.8) is 0 Å². The van der Waals surface area contributed by atoms with Crippen molar-refractivity contribution in [3.05, 3.63) is 46.9 Å². The predicted octanol–water partition coefficient (Wildman–Crippen LogP) is 4.20. The number of rotatable bonds is 1. The van der Waals surface area contributed by atoms with Crippen LogP contribution in [0.5, 0.6) is 0 Å². The number of hydrogen-bond acceptors (Lipinski definition) is 3. The number of thiophene rings is 1. The maximum atomic E-state index is 5.97. The molecule has 2 heterocycles. The topological polar surface area (TPSA) is 38.9 Å². The Morgan fingerprint density at radius 2 is 2.00 bits per heavy atom. The Hall–Kier alpha value is -1.58. The van der Waals surface area contributed by atoms with Gasteiger partial charge in [0.2, 0.25) is 0 Å². The maximum Gasteiger partial charge on any atom is 0.0937 e. The van der Waals surface area contributed by atoms with Crippen LogP contribution >= 0.6 is 22.9 Å². The van der Waals surface area contributed by atoms with Crippen molar-refractivity contribution >= 4 is 39.5 Å². The van der Waals surface area contributed by atoms with Gasteiger partial charge in [0.05, 0.1) is 15.5 Å². The first-order valence-corrected chi connectivity index (χ1v) is 6.34. The summed E-state index contributed by atoms with van der Waals surface area (Å²) in [6, 6.07) is 11.8.